The average Bonchev–Trinajstić information content (AvgIpc) is 3.54. The fourth-order valence-corrected chi connectivity index (χ4v) is 6.23. The van der Waals surface area contributed by atoms with E-state index in [1.165, 1.54) is 40.7 Å². The Bertz CT molecular complexity index is 1510. The second kappa shape index (κ2) is 9.89. The molecular formula is C31H30FN5O. The van der Waals surface area contributed by atoms with Gasteiger partial charge in [0.25, 0.3) is 5.91 Å². The van der Waals surface area contributed by atoms with Gasteiger partial charge in [-0.15, -0.1) is 0 Å². The molecule has 192 valence electrons. The molecule has 1 amide bonds. The highest BCUT2D eigenvalue weighted by molar-refractivity contribution is 5.99. The molecular weight excluding hydrogens is 477 g/mol. The highest BCUT2D eigenvalue weighted by Crippen LogP contribution is 2.49. The van der Waals surface area contributed by atoms with Gasteiger partial charge in [0.1, 0.15) is 5.82 Å². The number of benzene rings is 2. The lowest BCUT2D eigenvalue weighted by atomic mass is 9.77. The quantitative estimate of drug-likeness (QED) is 0.318. The number of pyridine rings is 1. The van der Waals surface area contributed by atoms with Crippen LogP contribution in [0.25, 0.3) is 5.69 Å². The molecule has 0 spiro atoms. The van der Waals surface area contributed by atoms with Crippen molar-refractivity contribution in [1.82, 2.24) is 20.1 Å². The van der Waals surface area contributed by atoms with Crippen molar-refractivity contribution >= 4 is 11.6 Å². The van der Waals surface area contributed by atoms with Crippen molar-refractivity contribution in [1.29, 1.82) is 0 Å². The lowest BCUT2D eigenvalue weighted by Gasteiger charge is -2.30. The summed E-state index contributed by atoms with van der Waals surface area (Å²) in [5.74, 6) is 0.144. The number of nitrogens with zero attached hydrogens (tertiary/aromatic N) is 3. The molecule has 6 nitrogen and oxygen atoms in total. The summed E-state index contributed by atoms with van der Waals surface area (Å²) in [5.41, 5.74) is 14.2. The molecule has 0 saturated heterocycles. The second-order valence-corrected chi connectivity index (χ2v) is 10.3. The minimum atomic E-state index is -0.251. The van der Waals surface area contributed by atoms with Gasteiger partial charge in [-0.05, 0) is 61.1 Å². The first kappa shape index (κ1) is 24.1. The van der Waals surface area contributed by atoms with Crippen LogP contribution in [0.1, 0.15) is 65.3 Å². The summed E-state index contributed by atoms with van der Waals surface area (Å²) in [6.45, 7) is 2.26. The third-order valence-corrected chi connectivity index (χ3v) is 8.05. The average molecular weight is 508 g/mol. The number of nitrogens with one attached hydrogen (secondary N) is 1. The Morgan fingerprint density at radius 1 is 1.13 bits per heavy atom. The first-order chi connectivity index (χ1) is 18.5. The molecule has 0 fully saturated rings. The number of hydrogen-bond donors (Lipinski definition) is 2. The van der Waals surface area contributed by atoms with Crippen molar-refractivity contribution in [2.75, 3.05) is 5.73 Å². The van der Waals surface area contributed by atoms with E-state index in [0.717, 1.165) is 36.9 Å². The highest BCUT2D eigenvalue weighted by atomic mass is 19.1. The van der Waals surface area contributed by atoms with E-state index < -0.39 is 0 Å². The monoisotopic (exact) mass is 507 g/mol. The Kier molecular flexibility index (Phi) is 6.27. The number of anilines is 1. The number of amides is 1. The van der Waals surface area contributed by atoms with Crippen molar-refractivity contribution in [3.63, 3.8) is 0 Å². The number of halogens is 1. The molecule has 2 aliphatic rings. The normalized spacial score (nSPS) is 19.1. The van der Waals surface area contributed by atoms with E-state index in [-0.39, 0.29) is 23.7 Å². The first-order valence-corrected chi connectivity index (χ1v) is 13.1. The minimum Gasteiger partial charge on any atom is -0.397 e. The number of carbonyl (C=O) groups is 1. The van der Waals surface area contributed by atoms with Crippen LogP contribution in [0.2, 0.25) is 0 Å². The molecule has 0 radical (unpaired) electrons. The Balaban J connectivity index is 1.27. The zero-order valence-electron chi connectivity index (χ0n) is 21.3. The molecule has 0 aliphatic heterocycles. The summed E-state index contributed by atoms with van der Waals surface area (Å²) in [5, 5.41) is 7.94. The van der Waals surface area contributed by atoms with Crippen LogP contribution in [0.3, 0.4) is 0 Å². The SMILES string of the molecule is C[C@@H]1C2=C(CC[C@@H]2CC(NC(=O)c2ccncc2N)c2ccccc2)Cc2c1cnn2-c1ccc(F)cc1. The summed E-state index contributed by atoms with van der Waals surface area (Å²) >= 11 is 0. The van der Waals surface area contributed by atoms with E-state index in [2.05, 4.69) is 34.5 Å². The molecule has 0 bridgehead atoms. The zero-order valence-corrected chi connectivity index (χ0v) is 21.3. The second-order valence-electron chi connectivity index (χ2n) is 10.3. The number of aromatic nitrogens is 3. The van der Waals surface area contributed by atoms with Crippen LogP contribution >= 0.6 is 0 Å². The Morgan fingerprint density at radius 3 is 2.68 bits per heavy atom. The van der Waals surface area contributed by atoms with Gasteiger partial charge >= 0.3 is 0 Å². The molecule has 1 unspecified atom stereocenters. The van der Waals surface area contributed by atoms with Gasteiger partial charge in [0, 0.05) is 24.1 Å². The van der Waals surface area contributed by atoms with Gasteiger partial charge in [-0.3, -0.25) is 9.78 Å². The van der Waals surface area contributed by atoms with Gasteiger partial charge in [-0.1, -0.05) is 48.4 Å². The van der Waals surface area contributed by atoms with E-state index in [9.17, 15) is 9.18 Å². The fraction of sp³-hybridized carbons (Fsp3) is 0.258. The number of fused-ring (bicyclic) bond motifs is 1. The van der Waals surface area contributed by atoms with Crippen molar-refractivity contribution < 1.29 is 9.18 Å². The maximum Gasteiger partial charge on any atom is 0.253 e. The molecule has 3 atom stereocenters. The van der Waals surface area contributed by atoms with Crippen molar-refractivity contribution in [2.24, 2.45) is 5.92 Å². The van der Waals surface area contributed by atoms with Gasteiger partial charge in [0.15, 0.2) is 0 Å². The van der Waals surface area contributed by atoms with Crippen LogP contribution in [0.15, 0.2) is 90.4 Å². The topological polar surface area (TPSA) is 85.8 Å². The standard InChI is InChI=1S/C31H30FN5O/c1-19-26-17-35-37(24-11-9-23(32)10-12-24)29(26)16-22-8-7-21(30(19)22)15-28(20-5-3-2-4-6-20)36-31(38)25-13-14-34-18-27(25)33/h2-6,9-14,17-19,21,28H,7-8,15-16,33H2,1H3,(H,36,38)/t19-,21+,28?/m0/s1. The van der Waals surface area contributed by atoms with Crippen LogP contribution in [-0.2, 0) is 6.42 Å². The molecule has 2 aromatic carbocycles. The highest BCUT2D eigenvalue weighted by Gasteiger charge is 2.37. The predicted octanol–water partition coefficient (Wildman–Crippen LogP) is 5.92. The van der Waals surface area contributed by atoms with Crippen LogP contribution in [-0.4, -0.2) is 20.7 Å². The fourth-order valence-electron chi connectivity index (χ4n) is 6.23. The first-order valence-electron chi connectivity index (χ1n) is 13.1. The summed E-state index contributed by atoms with van der Waals surface area (Å²) in [6.07, 6.45) is 8.80. The van der Waals surface area contributed by atoms with Gasteiger partial charge in [0.2, 0.25) is 0 Å². The number of allylic oxidation sites excluding steroid dienone is 2. The van der Waals surface area contributed by atoms with Crippen LogP contribution in [0.5, 0.6) is 0 Å². The summed E-state index contributed by atoms with van der Waals surface area (Å²) in [6, 6.07) is 18.2. The van der Waals surface area contributed by atoms with E-state index in [1.807, 2.05) is 29.1 Å². The molecule has 0 saturated carbocycles. The van der Waals surface area contributed by atoms with Crippen molar-refractivity contribution in [3.8, 4) is 5.69 Å². The Labute approximate surface area is 221 Å². The number of nitrogens with two attached hydrogens (primary N) is 1. The molecule has 7 heteroatoms. The molecule has 2 heterocycles. The summed E-state index contributed by atoms with van der Waals surface area (Å²) < 4.78 is 15.5. The van der Waals surface area contributed by atoms with Crippen molar-refractivity contribution in [2.45, 2.75) is 44.6 Å². The molecule has 4 aromatic rings. The Morgan fingerprint density at radius 2 is 1.92 bits per heavy atom. The third-order valence-electron chi connectivity index (χ3n) is 8.05. The van der Waals surface area contributed by atoms with Crippen LogP contribution < -0.4 is 11.1 Å². The van der Waals surface area contributed by atoms with Gasteiger partial charge in [0.05, 0.1) is 41.1 Å². The van der Waals surface area contributed by atoms with E-state index in [1.54, 1.807) is 24.4 Å². The Hall–Kier alpha value is -4.26. The van der Waals surface area contributed by atoms with Gasteiger partial charge < -0.3 is 11.1 Å². The lowest BCUT2D eigenvalue weighted by Crippen LogP contribution is -2.31. The predicted molar refractivity (Wildman–Crippen MR) is 145 cm³/mol. The largest absolute Gasteiger partial charge is 0.397 e. The van der Waals surface area contributed by atoms with E-state index >= 15 is 0 Å². The minimum absolute atomic E-state index is 0.149. The zero-order chi connectivity index (χ0) is 26.2. The van der Waals surface area contributed by atoms with Gasteiger partial charge in [-0.2, -0.15) is 5.10 Å². The maximum absolute atomic E-state index is 13.5. The van der Waals surface area contributed by atoms with Crippen LogP contribution in [0.4, 0.5) is 10.1 Å². The smallest absolute Gasteiger partial charge is 0.253 e. The number of rotatable bonds is 6. The summed E-state index contributed by atoms with van der Waals surface area (Å²) in [4.78, 5) is 17.2. The molecule has 2 aliphatic carbocycles. The number of carbonyl (C=O) groups excluding carboxylic acids is 1. The number of hydrogen-bond acceptors (Lipinski definition) is 4. The molecule has 6 rings (SSSR count). The van der Waals surface area contributed by atoms with Gasteiger partial charge in [-0.25, -0.2) is 9.07 Å². The molecule has 2 aromatic heterocycles. The maximum atomic E-state index is 13.5. The van der Waals surface area contributed by atoms with Crippen LogP contribution in [0, 0.1) is 11.7 Å². The molecule has 38 heavy (non-hydrogen) atoms. The summed E-state index contributed by atoms with van der Waals surface area (Å²) in [7, 11) is 0. The number of nitrogen functional groups attached to an aromatic ring is 1. The van der Waals surface area contributed by atoms with E-state index in [4.69, 9.17) is 5.73 Å². The molecule has 3 N–H and O–H groups in total. The van der Waals surface area contributed by atoms with E-state index in [0.29, 0.717) is 17.2 Å². The lowest BCUT2D eigenvalue weighted by molar-refractivity contribution is 0.0932. The third kappa shape index (κ3) is 4.38. The van der Waals surface area contributed by atoms with Crippen molar-refractivity contribution in [3.05, 3.63) is 119 Å².